The lowest BCUT2D eigenvalue weighted by Crippen LogP contribution is -1.90. The molecule has 2 aromatic carbocycles. The van der Waals surface area contributed by atoms with Crippen LogP contribution in [0.5, 0.6) is 0 Å². The third-order valence-electron chi connectivity index (χ3n) is 2.23. The third kappa shape index (κ3) is 2.34. The highest BCUT2D eigenvalue weighted by molar-refractivity contribution is 9.10. The van der Waals surface area contributed by atoms with Crippen LogP contribution in [0, 0.1) is 0 Å². The molecule has 0 saturated heterocycles. The van der Waals surface area contributed by atoms with Crippen LogP contribution in [0.25, 0.3) is 11.1 Å². The summed E-state index contributed by atoms with van der Waals surface area (Å²) in [6, 6.07) is 11.1. The molecule has 0 atom stereocenters. The Labute approximate surface area is 112 Å². The number of benzene rings is 2. The fourth-order valence-electron chi connectivity index (χ4n) is 1.49. The van der Waals surface area contributed by atoms with Crippen LogP contribution in [0.1, 0.15) is 0 Å². The molecule has 16 heavy (non-hydrogen) atoms. The summed E-state index contributed by atoms with van der Waals surface area (Å²) in [6.07, 6.45) is 0. The van der Waals surface area contributed by atoms with E-state index >= 15 is 0 Å². The Morgan fingerprint density at radius 2 is 1.62 bits per heavy atom. The minimum absolute atomic E-state index is 0.599. The fourth-order valence-corrected chi connectivity index (χ4v) is 2.38. The molecule has 0 radical (unpaired) electrons. The van der Waals surface area contributed by atoms with Gasteiger partial charge in [0.1, 0.15) is 0 Å². The molecule has 2 N–H and O–H groups in total. The minimum atomic E-state index is 0.599. The molecule has 0 bridgehead atoms. The van der Waals surface area contributed by atoms with Crippen molar-refractivity contribution in [2.75, 3.05) is 5.73 Å². The molecule has 0 saturated carbocycles. The van der Waals surface area contributed by atoms with Crippen molar-refractivity contribution in [1.29, 1.82) is 0 Å². The van der Waals surface area contributed by atoms with Gasteiger partial charge in [0, 0.05) is 31.3 Å². The summed E-state index contributed by atoms with van der Waals surface area (Å²) in [4.78, 5) is 0. The topological polar surface area (TPSA) is 26.0 Å². The zero-order chi connectivity index (χ0) is 11.7. The first-order chi connectivity index (χ1) is 7.58. The first-order valence-corrected chi connectivity index (χ1v) is 6.13. The van der Waals surface area contributed by atoms with E-state index in [9.17, 15) is 0 Å². The second-order valence-corrected chi connectivity index (χ2v) is 5.12. The highest BCUT2D eigenvalue weighted by atomic mass is 79.9. The van der Waals surface area contributed by atoms with Crippen LogP contribution in [0.15, 0.2) is 40.9 Å². The Morgan fingerprint density at radius 1 is 0.938 bits per heavy atom. The number of halogens is 3. The SMILES string of the molecule is Nc1cc(Br)ccc1-c1ccc(Cl)cc1Cl. The van der Waals surface area contributed by atoms with Gasteiger partial charge in [0.15, 0.2) is 0 Å². The largest absolute Gasteiger partial charge is 0.398 e. The van der Waals surface area contributed by atoms with Gasteiger partial charge in [-0.25, -0.2) is 0 Å². The second kappa shape index (κ2) is 4.66. The van der Waals surface area contributed by atoms with Crippen LogP contribution < -0.4 is 5.73 Å². The number of nitrogens with two attached hydrogens (primary N) is 1. The molecule has 0 aromatic heterocycles. The number of rotatable bonds is 1. The van der Waals surface area contributed by atoms with Gasteiger partial charge in [-0.2, -0.15) is 0 Å². The van der Waals surface area contributed by atoms with Crippen molar-refractivity contribution in [3.63, 3.8) is 0 Å². The van der Waals surface area contributed by atoms with Crippen LogP contribution in [-0.2, 0) is 0 Å². The fraction of sp³-hybridized carbons (Fsp3) is 0. The number of anilines is 1. The van der Waals surface area contributed by atoms with Gasteiger partial charge >= 0.3 is 0 Å². The number of nitrogen functional groups attached to an aromatic ring is 1. The summed E-state index contributed by atoms with van der Waals surface area (Å²) in [5.74, 6) is 0. The average Bonchev–Trinajstić information content (AvgIpc) is 2.19. The Kier molecular flexibility index (Phi) is 3.43. The minimum Gasteiger partial charge on any atom is -0.398 e. The summed E-state index contributed by atoms with van der Waals surface area (Å²) in [5.41, 5.74) is 8.41. The van der Waals surface area contributed by atoms with E-state index in [0.29, 0.717) is 15.7 Å². The number of hydrogen-bond acceptors (Lipinski definition) is 1. The molecular weight excluding hydrogens is 309 g/mol. The molecule has 82 valence electrons. The smallest absolute Gasteiger partial charge is 0.0499 e. The Hall–Kier alpha value is -0.700. The van der Waals surface area contributed by atoms with Gasteiger partial charge in [0.25, 0.3) is 0 Å². The zero-order valence-electron chi connectivity index (χ0n) is 8.18. The molecule has 4 heteroatoms. The molecule has 0 spiro atoms. The van der Waals surface area contributed by atoms with Crippen molar-refractivity contribution < 1.29 is 0 Å². The number of hydrogen-bond donors (Lipinski definition) is 1. The highest BCUT2D eigenvalue weighted by Crippen LogP contribution is 2.34. The van der Waals surface area contributed by atoms with Crippen molar-refractivity contribution in [3.05, 3.63) is 50.9 Å². The summed E-state index contributed by atoms with van der Waals surface area (Å²) in [7, 11) is 0. The molecular formula is C12H8BrCl2N. The highest BCUT2D eigenvalue weighted by Gasteiger charge is 2.07. The summed E-state index contributed by atoms with van der Waals surface area (Å²) in [5, 5.41) is 1.21. The van der Waals surface area contributed by atoms with E-state index in [2.05, 4.69) is 15.9 Å². The van der Waals surface area contributed by atoms with Crippen molar-refractivity contribution in [2.45, 2.75) is 0 Å². The van der Waals surface area contributed by atoms with E-state index in [4.69, 9.17) is 28.9 Å². The summed E-state index contributed by atoms with van der Waals surface area (Å²) in [6.45, 7) is 0. The van der Waals surface area contributed by atoms with Gasteiger partial charge in [-0.05, 0) is 24.3 Å². The summed E-state index contributed by atoms with van der Waals surface area (Å²) >= 11 is 15.3. The van der Waals surface area contributed by atoms with E-state index in [1.165, 1.54) is 0 Å². The molecule has 0 heterocycles. The second-order valence-electron chi connectivity index (χ2n) is 3.36. The molecule has 0 fully saturated rings. The first-order valence-electron chi connectivity index (χ1n) is 4.58. The molecule has 0 aliphatic rings. The summed E-state index contributed by atoms with van der Waals surface area (Å²) < 4.78 is 0.943. The van der Waals surface area contributed by atoms with Gasteiger partial charge in [-0.3, -0.25) is 0 Å². The lowest BCUT2D eigenvalue weighted by Gasteiger charge is -2.08. The molecule has 0 aliphatic heterocycles. The van der Waals surface area contributed by atoms with Crippen molar-refractivity contribution in [3.8, 4) is 11.1 Å². The van der Waals surface area contributed by atoms with Crippen molar-refractivity contribution >= 4 is 44.8 Å². The van der Waals surface area contributed by atoms with Gasteiger partial charge in [-0.1, -0.05) is 51.3 Å². The van der Waals surface area contributed by atoms with E-state index in [1.807, 2.05) is 24.3 Å². The van der Waals surface area contributed by atoms with Crippen LogP contribution >= 0.6 is 39.1 Å². The maximum Gasteiger partial charge on any atom is 0.0499 e. The quantitative estimate of drug-likeness (QED) is 0.736. The van der Waals surface area contributed by atoms with Crippen LogP contribution in [0.2, 0.25) is 10.0 Å². The van der Waals surface area contributed by atoms with E-state index in [-0.39, 0.29) is 0 Å². The Bertz CT molecular complexity index is 491. The lowest BCUT2D eigenvalue weighted by molar-refractivity contribution is 1.58. The van der Waals surface area contributed by atoms with E-state index < -0.39 is 0 Å². The zero-order valence-corrected chi connectivity index (χ0v) is 11.3. The van der Waals surface area contributed by atoms with Gasteiger partial charge in [0.2, 0.25) is 0 Å². The lowest BCUT2D eigenvalue weighted by atomic mass is 10.0. The third-order valence-corrected chi connectivity index (χ3v) is 3.28. The average molecular weight is 317 g/mol. The predicted octanol–water partition coefficient (Wildman–Crippen LogP) is 5.01. The van der Waals surface area contributed by atoms with Crippen molar-refractivity contribution in [1.82, 2.24) is 0 Å². The molecule has 0 amide bonds. The monoisotopic (exact) mass is 315 g/mol. The molecule has 1 nitrogen and oxygen atoms in total. The molecule has 0 aliphatic carbocycles. The standard InChI is InChI=1S/C12H8BrCl2N/c13-7-1-3-10(12(16)5-7)9-4-2-8(14)6-11(9)15/h1-6H,16H2. The molecule has 2 rings (SSSR count). The van der Waals surface area contributed by atoms with Crippen LogP contribution in [0.4, 0.5) is 5.69 Å². The molecule has 2 aromatic rings. The first kappa shape index (κ1) is 11.8. The van der Waals surface area contributed by atoms with Gasteiger partial charge in [-0.15, -0.1) is 0 Å². The van der Waals surface area contributed by atoms with E-state index in [1.54, 1.807) is 12.1 Å². The Morgan fingerprint density at radius 3 is 2.25 bits per heavy atom. The van der Waals surface area contributed by atoms with Crippen LogP contribution in [-0.4, -0.2) is 0 Å². The van der Waals surface area contributed by atoms with Crippen molar-refractivity contribution in [2.24, 2.45) is 0 Å². The maximum atomic E-state index is 6.12. The normalized spacial score (nSPS) is 10.4. The van der Waals surface area contributed by atoms with E-state index in [0.717, 1.165) is 15.6 Å². The Balaban J connectivity index is 2.59. The predicted molar refractivity (Wildman–Crippen MR) is 74.0 cm³/mol. The van der Waals surface area contributed by atoms with Gasteiger partial charge < -0.3 is 5.73 Å². The van der Waals surface area contributed by atoms with Gasteiger partial charge in [0.05, 0.1) is 0 Å². The maximum absolute atomic E-state index is 6.12. The molecule has 0 unspecified atom stereocenters. The van der Waals surface area contributed by atoms with Crippen LogP contribution in [0.3, 0.4) is 0 Å².